The summed E-state index contributed by atoms with van der Waals surface area (Å²) >= 11 is 0. The highest BCUT2D eigenvalue weighted by Gasteiger charge is 2.36. The van der Waals surface area contributed by atoms with Crippen molar-refractivity contribution in [2.45, 2.75) is 39.0 Å². The van der Waals surface area contributed by atoms with Crippen molar-refractivity contribution in [3.05, 3.63) is 57.5 Å². The predicted octanol–water partition coefficient (Wildman–Crippen LogP) is 3.14. The van der Waals surface area contributed by atoms with Crippen molar-refractivity contribution in [3.8, 4) is 0 Å². The van der Waals surface area contributed by atoms with Crippen molar-refractivity contribution < 1.29 is 18.0 Å². The number of anilines is 2. The highest BCUT2D eigenvalue weighted by atomic mass is 19.4. The van der Waals surface area contributed by atoms with Crippen LogP contribution in [0.1, 0.15) is 35.3 Å². The van der Waals surface area contributed by atoms with Gasteiger partial charge in [0.05, 0.1) is 22.5 Å². The van der Waals surface area contributed by atoms with Crippen molar-refractivity contribution in [1.82, 2.24) is 10.3 Å². The summed E-state index contributed by atoms with van der Waals surface area (Å²) in [5.41, 5.74) is -0.798. The minimum atomic E-state index is -4.82. The maximum absolute atomic E-state index is 13.3. The van der Waals surface area contributed by atoms with Gasteiger partial charge in [0.15, 0.2) is 0 Å². The second kappa shape index (κ2) is 7.90. The Bertz CT molecular complexity index is 961. The molecule has 1 fully saturated rings. The van der Waals surface area contributed by atoms with Crippen LogP contribution in [0.5, 0.6) is 0 Å². The molecule has 29 heavy (non-hydrogen) atoms. The summed E-state index contributed by atoms with van der Waals surface area (Å²) < 4.78 is 39.9. The number of benzene rings is 1. The Morgan fingerprint density at radius 1 is 1.17 bits per heavy atom. The molecule has 156 valence electrons. The molecule has 2 heterocycles. The summed E-state index contributed by atoms with van der Waals surface area (Å²) in [5.74, 6) is -0.934. The number of nitrogens with zero attached hydrogens (tertiary/aromatic N) is 1. The Labute approximate surface area is 166 Å². The number of aryl methyl sites for hydroxylation is 1. The van der Waals surface area contributed by atoms with Crippen molar-refractivity contribution >= 4 is 17.3 Å². The number of pyridine rings is 1. The van der Waals surface area contributed by atoms with Gasteiger partial charge >= 0.3 is 6.18 Å². The van der Waals surface area contributed by atoms with Gasteiger partial charge in [-0.25, -0.2) is 0 Å². The van der Waals surface area contributed by atoms with Gasteiger partial charge in [-0.2, -0.15) is 13.2 Å². The van der Waals surface area contributed by atoms with Crippen LogP contribution in [0.15, 0.2) is 35.3 Å². The molecule has 6 nitrogen and oxygen atoms in total. The third-order valence-corrected chi connectivity index (χ3v) is 4.77. The quantitative estimate of drug-likeness (QED) is 0.729. The monoisotopic (exact) mass is 408 g/mol. The molecule has 3 N–H and O–H groups in total. The summed E-state index contributed by atoms with van der Waals surface area (Å²) in [6.07, 6.45) is -4.02. The number of carbonyl (C=O) groups excluding carboxylic acids is 1. The van der Waals surface area contributed by atoms with Crippen LogP contribution in [-0.2, 0) is 6.18 Å². The summed E-state index contributed by atoms with van der Waals surface area (Å²) in [6.45, 7) is 7.32. The number of aromatic amines is 1. The smallest absolute Gasteiger partial charge is 0.367 e. The first-order chi connectivity index (χ1) is 13.5. The zero-order chi connectivity index (χ0) is 21.3. The van der Waals surface area contributed by atoms with E-state index >= 15 is 0 Å². The topological polar surface area (TPSA) is 77.2 Å². The van der Waals surface area contributed by atoms with Crippen molar-refractivity contribution in [1.29, 1.82) is 0 Å². The van der Waals surface area contributed by atoms with E-state index in [-0.39, 0.29) is 12.1 Å². The number of hydrogen-bond donors (Lipinski definition) is 3. The van der Waals surface area contributed by atoms with Crippen LogP contribution < -0.4 is 21.1 Å². The Kier molecular flexibility index (Phi) is 5.70. The number of rotatable bonds is 3. The zero-order valence-electron chi connectivity index (χ0n) is 16.4. The number of carbonyl (C=O) groups is 1. The number of piperazine rings is 1. The van der Waals surface area contributed by atoms with E-state index in [0.29, 0.717) is 24.8 Å². The van der Waals surface area contributed by atoms with Gasteiger partial charge in [0, 0.05) is 37.4 Å². The molecule has 1 aromatic heterocycles. The van der Waals surface area contributed by atoms with Crippen LogP contribution in [0.2, 0.25) is 0 Å². The number of H-pyrrole nitrogens is 1. The van der Waals surface area contributed by atoms with E-state index in [1.807, 2.05) is 32.9 Å². The molecule has 1 amide bonds. The number of amides is 1. The Balaban J connectivity index is 1.96. The number of hydrogen-bond acceptors (Lipinski definition) is 4. The highest BCUT2D eigenvalue weighted by molar-refractivity contribution is 6.06. The molecule has 0 spiro atoms. The Morgan fingerprint density at radius 2 is 1.83 bits per heavy atom. The molecule has 2 aromatic rings. The molecule has 0 unspecified atom stereocenters. The Hall–Kier alpha value is -2.81. The number of halogens is 3. The van der Waals surface area contributed by atoms with Gasteiger partial charge in [0.2, 0.25) is 5.56 Å². The lowest BCUT2D eigenvalue weighted by Crippen LogP contribution is -2.54. The van der Waals surface area contributed by atoms with Gasteiger partial charge in [0.1, 0.15) is 0 Å². The molecule has 1 aromatic carbocycles. The van der Waals surface area contributed by atoms with E-state index in [2.05, 4.69) is 20.5 Å². The fourth-order valence-corrected chi connectivity index (χ4v) is 3.63. The first-order valence-corrected chi connectivity index (χ1v) is 9.27. The maximum Gasteiger partial charge on any atom is 0.417 e. The van der Waals surface area contributed by atoms with Crippen LogP contribution in [0.25, 0.3) is 0 Å². The largest absolute Gasteiger partial charge is 0.417 e. The predicted molar refractivity (Wildman–Crippen MR) is 105 cm³/mol. The van der Waals surface area contributed by atoms with Crippen molar-refractivity contribution in [2.75, 3.05) is 23.3 Å². The van der Waals surface area contributed by atoms with E-state index in [0.717, 1.165) is 17.4 Å². The van der Waals surface area contributed by atoms with E-state index in [4.69, 9.17) is 0 Å². The average Bonchev–Trinajstić information content (AvgIpc) is 2.60. The molecule has 1 saturated heterocycles. The minimum absolute atomic E-state index is 0.222. The fraction of sp³-hybridized carbons (Fsp3) is 0.400. The van der Waals surface area contributed by atoms with Crippen LogP contribution in [0, 0.1) is 6.92 Å². The number of nitrogens with one attached hydrogen (secondary N) is 3. The Morgan fingerprint density at radius 3 is 2.45 bits per heavy atom. The molecule has 0 aliphatic carbocycles. The zero-order valence-corrected chi connectivity index (χ0v) is 16.4. The molecule has 0 radical (unpaired) electrons. The third kappa shape index (κ3) is 4.79. The molecular weight excluding hydrogens is 385 g/mol. The summed E-state index contributed by atoms with van der Waals surface area (Å²) in [5, 5.41) is 6.02. The molecule has 0 bridgehead atoms. The van der Waals surface area contributed by atoms with Gasteiger partial charge in [-0.05, 0) is 38.5 Å². The average molecular weight is 408 g/mol. The van der Waals surface area contributed by atoms with Crippen LogP contribution in [0.4, 0.5) is 24.5 Å². The second-order valence-corrected chi connectivity index (χ2v) is 7.47. The van der Waals surface area contributed by atoms with Crippen molar-refractivity contribution in [2.24, 2.45) is 0 Å². The van der Waals surface area contributed by atoms with Gasteiger partial charge in [0.25, 0.3) is 5.91 Å². The summed E-state index contributed by atoms with van der Waals surface area (Å²) in [7, 11) is 0. The lowest BCUT2D eigenvalue weighted by Gasteiger charge is -2.38. The van der Waals surface area contributed by atoms with Gasteiger partial charge in [-0.15, -0.1) is 0 Å². The molecule has 3 rings (SSSR count). The van der Waals surface area contributed by atoms with Crippen LogP contribution in [0.3, 0.4) is 0 Å². The normalized spacial score (nSPS) is 19.9. The van der Waals surface area contributed by atoms with Crippen LogP contribution in [-0.4, -0.2) is 36.1 Å². The number of alkyl halides is 3. The maximum atomic E-state index is 13.3. The molecule has 1 aliphatic heterocycles. The molecule has 0 saturated carbocycles. The van der Waals surface area contributed by atoms with E-state index in [9.17, 15) is 22.8 Å². The van der Waals surface area contributed by atoms with Gasteiger partial charge in [-0.1, -0.05) is 6.07 Å². The van der Waals surface area contributed by atoms with E-state index in [1.54, 1.807) is 6.07 Å². The van der Waals surface area contributed by atoms with Gasteiger partial charge in [-0.3, -0.25) is 9.59 Å². The van der Waals surface area contributed by atoms with Gasteiger partial charge < -0.3 is 20.5 Å². The standard InChI is InChI=1S/C20H23F3N4O2/c1-11-4-5-17(27-9-12(2)25-13(3)10-27)16(6-11)26-19(29)14-8-24-18(28)7-15(14)20(21,22)23/h4-8,12-13,25H,9-10H2,1-3H3,(H,24,28)(H,26,29)/t12-,13+. The molecule has 1 aliphatic rings. The molecule has 2 atom stereocenters. The second-order valence-electron chi connectivity index (χ2n) is 7.47. The third-order valence-electron chi connectivity index (χ3n) is 4.77. The molecule has 9 heteroatoms. The van der Waals surface area contributed by atoms with Crippen LogP contribution >= 0.6 is 0 Å². The number of aromatic nitrogens is 1. The lowest BCUT2D eigenvalue weighted by atomic mass is 10.1. The van der Waals surface area contributed by atoms with Crippen molar-refractivity contribution in [3.63, 3.8) is 0 Å². The highest BCUT2D eigenvalue weighted by Crippen LogP contribution is 2.33. The lowest BCUT2D eigenvalue weighted by molar-refractivity contribution is -0.138. The van der Waals surface area contributed by atoms with E-state index in [1.165, 1.54) is 0 Å². The first-order valence-electron chi connectivity index (χ1n) is 9.27. The van der Waals surface area contributed by atoms with E-state index < -0.39 is 28.8 Å². The first kappa shape index (κ1) is 20.9. The fourth-order valence-electron chi connectivity index (χ4n) is 3.63. The SMILES string of the molecule is Cc1ccc(N2C[C@@H](C)N[C@@H](C)C2)c(NC(=O)c2c[nH]c(=O)cc2C(F)(F)F)c1. The summed E-state index contributed by atoms with van der Waals surface area (Å²) in [6, 6.07) is 6.31. The minimum Gasteiger partial charge on any atom is -0.367 e. The molecular formula is C20H23F3N4O2. The summed E-state index contributed by atoms with van der Waals surface area (Å²) in [4.78, 5) is 28.3.